The number of methoxy groups -OCH3 is 1. The Balaban J connectivity index is 1.26. The van der Waals surface area contributed by atoms with E-state index in [-0.39, 0.29) is 5.60 Å². The minimum atomic E-state index is -0.0645. The molecule has 2 heterocycles. The van der Waals surface area contributed by atoms with Gasteiger partial charge in [-0.05, 0) is 55.1 Å². The first-order chi connectivity index (χ1) is 12.2. The maximum atomic E-state index is 12.7. The third-order valence-electron chi connectivity index (χ3n) is 6.23. The molecule has 2 saturated heterocycles. The van der Waals surface area contributed by atoms with E-state index in [1.807, 2.05) is 4.90 Å². The molecule has 0 saturated carbocycles. The Morgan fingerprint density at radius 2 is 1.96 bits per heavy atom. The molecule has 0 bridgehead atoms. The van der Waals surface area contributed by atoms with Crippen LogP contribution >= 0.6 is 0 Å². The van der Waals surface area contributed by atoms with E-state index in [0.29, 0.717) is 24.2 Å². The average Bonchev–Trinajstić information content (AvgIpc) is 3.00. The lowest BCUT2D eigenvalue weighted by atomic mass is 9.79. The van der Waals surface area contributed by atoms with E-state index >= 15 is 0 Å². The molecule has 136 valence electrons. The zero-order valence-corrected chi connectivity index (χ0v) is 15.2. The summed E-state index contributed by atoms with van der Waals surface area (Å²) in [6.45, 7) is 3.23. The summed E-state index contributed by atoms with van der Waals surface area (Å²) < 4.78 is 11.3. The van der Waals surface area contributed by atoms with Crippen LogP contribution in [0.3, 0.4) is 0 Å². The first-order valence-electron chi connectivity index (χ1n) is 9.65. The van der Waals surface area contributed by atoms with Gasteiger partial charge in [0.1, 0.15) is 5.60 Å². The number of amides is 1. The molecule has 0 N–H and O–H groups in total. The lowest BCUT2D eigenvalue weighted by molar-refractivity contribution is -0.189. The summed E-state index contributed by atoms with van der Waals surface area (Å²) in [6.07, 6.45) is 6.09. The molecular weight excluding hydrogens is 314 g/mol. The summed E-state index contributed by atoms with van der Waals surface area (Å²) in [5.74, 6) is 1.46. The van der Waals surface area contributed by atoms with Crippen molar-refractivity contribution in [3.63, 3.8) is 0 Å². The number of carbonyl (C=O) groups is 1. The normalized spacial score (nSPS) is 25.0. The van der Waals surface area contributed by atoms with E-state index in [9.17, 15) is 4.79 Å². The predicted octanol–water partition coefficient (Wildman–Crippen LogP) is 2.84. The molecule has 0 unspecified atom stereocenters. The minimum absolute atomic E-state index is 0.0645. The van der Waals surface area contributed by atoms with Gasteiger partial charge in [-0.2, -0.15) is 0 Å². The lowest BCUT2D eigenvalue weighted by Gasteiger charge is -2.53. The van der Waals surface area contributed by atoms with Gasteiger partial charge in [-0.1, -0.05) is 24.3 Å². The average molecular weight is 343 g/mol. The molecule has 0 aromatic heterocycles. The minimum Gasteiger partial charge on any atom is -0.385 e. The summed E-state index contributed by atoms with van der Waals surface area (Å²) in [5, 5.41) is 0. The van der Waals surface area contributed by atoms with E-state index in [2.05, 4.69) is 24.3 Å². The Morgan fingerprint density at radius 1 is 1.24 bits per heavy atom. The topological polar surface area (TPSA) is 38.8 Å². The molecule has 4 nitrogen and oxygen atoms in total. The van der Waals surface area contributed by atoms with Gasteiger partial charge in [0, 0.05) is 26.7 Å². The standard InChI is InChI=1S/C21H29NO3/c1-24-8-6-16-7-9-25-21(13-16)14-22(15-21)20(23)12-17-10-18-4-2-3-5-19(18)11-17/h2-5,16-17H,6-15H2,1H3/t16-/m0/s1. The van der Waals surface area contributed by atoms with Crippen molar-refractivity contribution < 1.29 is 14.3 Å². The Hall–Kier alpha value is -1.39. The predicted molar refractivity (Wildman–Crippen MR) is 96.4 cm³/mol. The van der Waals surface area contributed by atoms with Crippen molar-refractivity contribution in [2.24, 2.45) is 11.8 Å². The molecule has 4 heteroatoms. The fraction of sp³-hybridized carbons (Fsp3) is 0.667. The molecule has 1 spiro atoms. The summed E-state index contributed by atoms with van der Waals surface area (Å²) in [7, 11) is 1.76. The molecule has 3 aliphatic rings. The number of carbonyl (C=O) groups excluding carboxylic acids is 1. The van der Waals surface area contributed by atoms with Crippen LogP contribution in [-0.2, 0) is 27.1 Å². The van der Waals surface area contributed by atoms with E-state index in [0.717, 1.165) is 58.4 Å². The molecule has 1 aromatic rings. The van der Waals surface area contributed by atoms with Crippen molar-refractivity contribution in [1.29, 1.82) is 0 Å². The number of hydrogen-bond donors (Lipinski definition) is 0. The highest BCUT2D eigenvalue weighted by Crippen LogP contribution is 2.39. The maximum Gasteiger partial charge on any atom is 0.223 e. The zero-order valence-electron chi connectivity index (χ0n) is 15.2. The van der Waals surface area contributed by atoms with Gasteiger partial charge in [0.2, 0.25) is 5.91 Å². The number of hydrogen-bond acceptors (Lipinski definition) is 3. The monoisotopic (exact) mass is 343 g/mol. The van der Waals surface area contributed by atoms with Crippen molar-refractivity contribution in [2.75, 3.05) is 33.4 Å². The third-order valence-corrected chi connectivity index (χ3v) is 6.23. The molecular formula is C21H29NO3. The third kappa shape index (κ3) is 3.61. The van der Waals surface area contributed by atoms with Crippen molar-refractivity contribution in [1.82, 2.24) is 4.90 Å². The van der Waals surface area contributed by atoms with Crippen LogP contribution in [0, 0.1) is 11.8 Å². The molecule has 1 atom stereocenters. The molecule has 1 aliphatic carbocycles. The highest BCUT2D eigenvalue weighted by molar-refractivity contribution is 5.78. The van der Waals surface area contributed by atoms with Crippen LogP contribution in [0.25, 0.3) is 0 Å². The van der Waals surface area contributed by atoms with Crippen LogP contribution in [0.1, 0.15) is 36.8 Å². The van der Waals surface area contributed by atoms with E-state index in [1.165, 1.54) is 11.1 Å². The Kier molecular flexibility index (Phi) is 4.83. The molecule has 25 heavy (non-hydrogen) atoms. The van der Waals surface area contributed by atoms with E-state index < -0.39 is 0 Å². The van der Waals surface area contributed by atoms with Crippen LogP contribution in [0.4, 0.5) is 0 Å². The number of likely N-dealkylation sites (tertiary alicyclic amines) is 1. The summed E-state index contributed by atoms with van der Waals surface area (Å²) >= 11 is 0. The molecule has 2 fully saturated rings. The number of fused-ring (bicyclic) bond motifs is 1. The molecule has 0 radical (unpaired) electrons. The first kappa shape index (κ1) is 17.0. The second kappa shape index (κ2) is 7.08. The second-order valence-corrected chi connectivity index (χ2v) is 8.17. The highest BCUT2D eigenvalue weighted by atomic mass is 16.5. The van der Waals surface area contributed by atoms with Crippen LogP contribution < -0.4 is 0 Å². The first-order valence-corrected chi connectivity index (χ1v) is 9.65. The Bertz CT molecular complexity index is 598. The van der Waals surface area contributed by atoms with Crippen molar-refractivity contribution in [3.05, 3.63) is 35.4 Å². The smallest absolute Gasteiger partial charge is 0.223 e. The van der Waals surface area contributed by atoms with Gasteiger partial charge in [-0.25, -0.2) is 0 Å². The van der Waals surface area contributed by atoms with Gasteiger partial charge < -0.3 is 14.4 Å². The van der Waals surface area contributed by atoms with Crippen LogP contribution in [-0.4, -0.2) is 49.8 Å². The van der Waals surface area contributed by atoms with Gasteiger partial charge in [0.15, 0.2) is 0 Å². The molecule has 4 rings (SSSR count). The molecule has 1 aromatic carbocycles. The fourth-order valence-electron chi connectivity index (χ4n) is 4.88. The lowest BCUT2D eigenvalue weighted by Crippen LogP contribution is -2.66. The van der Waals surface area contributed by atoms with Gasteiger partial charge >= 0.3 is 0 Å². The summed E-state index contributed by atoms with van der Waals surface area (Å²) in [6, 6.07) is 8.61. The summed E-state index contributed by atoms with van der Waals surface area (Å²) in [5.41, 5.74) is 2.79. The quantitative estimate of drug-likeness (QED) is 0.825. The Morgan fingerprint density at radius 3 is 2.64 bits per heavy atom. The number of benzene rings is 1. The van der Waals surface area contributed by atoms with Gasteiger partial charge in [0.25, 0.3) is 0 Å². The SMILES string of the molecule is COCC[C@H]1CCOC2(C1)CN(C(=O)CC1Cc3ccccc3C1)C2. The van der Waals surface area contributed by atoms with Crippen molar-refractivity contribution in [2.45, 2.75) is 44.1 Å². The van der Waals surface area contributed by atoms with E-state index in [4.69, 9.17) is 9.47 Å². The number of ether oxygens (including phenoxy) is 2. The molecule has 2 aliphatic heterocycles. The van der Waals surface area contributed by atoms with Crippen molar-refractivity contribution >= 4 is 5.91 Å². The van der Waals surface area contributed by atoms with E-state index in [1.54, 1.807) is 7.11 Å². The summed E-state index contributed by atoms with van der Waals surface area (Å²) in [4.78, 5) is 14.7. The van der Waals surface area contributed by atoms with Gasteiger partial charge in [-0.3, -0.25) is 4.79 Å². The highest BCUT2D eigenvalue weighted by Gasteiger charge is 2.49. The zero-order chi connectivity index (χ0) is 17.3. The Labute approximate surface area is 150 Å². The van der Waals surface area contributed by atoms with Crippen molar-refractivity contribution in [3.8, 4) is 0 Å². The number of rotatable bonds is 5. The number of nitrogens with zero attached hydrogens (tertiary/aromatic N) is 1. The maximum absolute atomic E-state index is 12.7. The van der Waals surface area contributed by atoms with Crippen LogP contribution in [0.15, 0.2) is 24.3 Å². The van der Waals surface area contributed by atoms with Gasteiger partial charge in [-0.15, -0.1) is 0 Å². The van der Waals surface area contributed by atoms with Crippen LogP contribution in [0.5, 0.6) is 0 Å². The second-order valence-electron chi connectivity index (χ2n) is 8.17. The molecule has 1 amide bonds. The largest absolute Gasteiger partial charge is 0.385 e. The fourth-order valence-corrected chi connectivity index (χ4v) is 4.88. The van der Waals surface area contributed by atoms with Gasteiger partial charge in [0.05, 0.1) is 13.1 Å². The van der Waals surface area contributed by atoms with Crippen LogP contribution in [0.2, 0.25) is 0 Å².